The van der Waals surface area contributed by atoms with Crippen molar-refractivity contribution in [2.45, 2.75) is 42.2 Å². The molecule has 11 heteroatoms. The minimum Gasteiger partial charge on any atom is -0.481 e. The van der Waals surface area contributed by atoms with Gasteiger partial charge in [-0.2, -0.15) is 0 Å². The van der Waals surface area contributed by atoms with Crippen molar-refractivity contribution in [2.75, 3.05) is 11.6 Å². The largest absolute Gasteiger partial charge is 0.481 e. The van der Waals surface area contributed by atoms with E-state index in [4.69, 9.17) is 9.84 Å². The molecule has 0 fully saturated rings. The lowest BCUT2D eigenvalue weighted by atomic mass is 10.0. The van der Waals surface area contributed by atoms with E-state index < -0.39 is 65.7 Å². The van der Waals surface area contributed by atoms with Crippen LogP contribution in [0.1, 0.15) is 20.3 Å². The molecule has 1 aliphatic rings. The van der Waals surface area contributed by atoms with Crippen LogP contribution >= 0.6 is 0 Å². The molecule has 34 heavy (non-hydrogen) atoms. The van der Waals surface area contributed by atoms with Crippen molar-refractivity contribution in [1.29, 1.82) is 0 Å². The van der Waals surface area contributed by atoms with Crippen LogP contribution in [0, 0.1) is 5.92 Å². The van der Waals surface area contributed by atoms with E-state index in [1.807, 2.05) is 0 Å². The first kappa shape index (κ1) is 25.0. The summed E-state index contributed by atoms with van der Waals surface area (Å²) in [5.74, 6) is -4.01. The first-order chi connectivity index (χ1) is 16.1. The molecule has 2 atom stereocenters. The number of carbonyl (C=O) groups excluding carboxylic acids is 3. The fraction of sp³-hybridized carbons (Fsp3) is 0.304. The van der Waals surface area contributed by atoms with Gasteiger partial charge in [-0.05, 0) is 30.2 Å². The molecule has 2 N–H and O–H groups in total. The molecule has 2 unspecified atom stereocenters. The Morgan fingerprint density at radius 1 is 1.03 bits per heavy atom. The van der Waals surface area contributed by atoms with Crippen molar-refractivity contribution >= 4 is 45.9 Å². The molecule has 0 aliphatic carbocycles. The van der Waals surface area contributed by atoms with Gasteiger partial charge in [-0.3, -0.25) is 14.4 Å². The summed E-state index contributed by atoms with van der Waals surface area (Å²) < 4.78 is 31.3. The molecule has 0 bridgehead atoms. The lowest BCUT2D eigenvalue weighted by Gasteiger charge is -2.32. The fourth-order valence-electron chi connectivity index (χ4n) is 3.46. The van der Waals surface area contributed by atoms with Gasteiger partial charge in [0.1, 0.15) is 12.7 Å². The fourth-order valence-corrected chi connectivity index (χ4v) is 4.80. The number of carbonyl (C=O) groups is 4. The van der Waals surface area contributed by atoms with E-state index in [2.05, 4.69) is 5.32 Å². The Bertz CT molecular complexity index is 1100. The second-order valence-electron chi connectivity index (χ2n) is 7.85. The van der Waals surface area contributed by atoms with Crippen LogP contribution in [0.5, 0.6) is 0 Å². The van der Waals surface area contributed by atoms with Crippen LogP contribution in [0.2, 0.25) is 0 Å². The van der Waals surface area contributed by atoms with E-state index in [9.17, 15) is 27.8 Å². The number of anilines is 2. The SMILES string of the molecule is CC(C)C(OC(=O)N1c2ccccc2S(=O)c2ccccc21)C(=O)NC(CC(=O)O)C(=O)CF. The zero-order chi connectivity index (χ0) is 25.0. The number of benzene rings is 2. The van der Waals surface area contributed by atoms with Crippen LogP contribution in [0.25, 0.3) is 0 Å². The molecular weight excluding hydrogens is 467 g/mol. The number of amides is 2. The maximum absolute atomic E-state index is 13.3. The number of hydrogen-bond donors (Lipinski definition) is 2. The highest BCUT2D eigenvalue weighted by Gasteiger charge is 2.37. The van der Waals surface area contributed by atoms with Gasteiger partial charge in [0.2, 0.25) is 0 Å². The summed E-state index contributed by atoms with van der Waals surface area (Å²) in [7, 11) is -1.53. The second kappa shape index (κ2) is 10.6. The predicted molar refractivity (Wildman–Crippen MR) is 120 cm³/mol. The van der Waals surface area contributed by atoms with E-state index in [0.717, 1.165) is 0 Å². The van der Waals surface area contributed by atoms with Gasteiger partial charge in [0.25, 0.3) is 5.91 Å². The number of fused-ring (bicyclic) bond motifs is 2. The smallest absolute Gasteiger partial charge is 0.419 e. The third-order valence-electron chi connectivity index (χ3n) is 5.10. The molecular formula is C23H23FN2O7S. The summed E-state index contributed by atoms with van der Waals surface area (Å²) in [5, 5.41) is 11.1. The minimum atomic E-state index is -1.60. The van der Waals surface area contributed by atoms with Crippen molar-refractivity contribution in [2.24, 2.45) is 5.92 Å². The number of ketones is 1. The summed E-state index contributed by atoms with van der Waals surface area (Å²) in [6.07, 6.45) is -3.16. The zero-order valence-corrected chi connectivity index (χ0v) is 19.2. The normalized spacial score (nSPS) is 14.5. The number of rotatable bonds is 8. The Kier molecular flexibility index (Phi) is 7.77. The summed E-state index contributed by atoms with van der Waals surface area (Å²) >= 11 is 0. The standard InChI is InChI=1S/C23H23FN2O7S/c1-13(2)21(22(30)25-14(11-20(28)29)17(27)12-24)33-23(31)26-15-7-3-5-9-18(15)34(32)19-10-6-4-8-16(19)26/h3-10,13-14,21H,11-12H2,1-2H3,(H,25,30)(H,28,29). The minimum absolute atomic E-state index is 0.323. The zero-order valence-electron chi connectivity index (χ0n) is 18.4. The van der Waals surface area contributed by atoms with Crippen LogP contribution in [0.15, 0.2) is 58.3 Å². The lowest BCUT2D eigenvalue weighted by molar-refractivity contribution is -0.141. The van der Waals surface area contributed by atoms with Crippen molar-refractivity contribution in [1.82, 2.24) is 5.32 Å². The maximum Gasteiger partial charge on any atom is 0.419 e. The lowest BCUT2D eigenvalue weighted by Crippen LogP contribution is -2.50. The van der Waals surface area contributed by atoms with Crippen LogP contribution in [-0.2, 0) is 29.9 Å². The van der Waals surface area contributed by atoms with Crippen molar-refractivity contribution < 1.29 is 37.6 Å². The molecule has 0 aromatic heterocycles. The Hall–Kier alpha value is -3.60. The van der Waals surface area contributed by atoms with E-state index in [1.165, 1.54) is 4.90 Å². The monoisotopic (exact) mass is 490 g/mol. The summed E-state index contributed by atoms with van der Waals surface area (Å²) in [4.78, 5) is 50.9. The van der Waals surface area contributed by atoms with E-state index in [1.54, 1.807) is 62.4 Å². The average Bonchev–Trinajstić information content (AvgIpc) is 2.81. The van der Waals surface area contributed by atoms with Gasteiger partial charge in [0, 0.05) is 0 Å². The van der Waals surface area contributed by atoms with Crippen LogP contribution in [0.3, 0.4) is 0 Å². The molecule has 0 spiro atoms. The number of nitrogens with one attached hydrogen (secondary N) is 1. The number of ether oxygens (including phenoxy) is 1. The third kappa shape index (κ3) is 5.14. The first-order valence-corrected chi connectivity index (χ1v) is 11.5. The molecule has 9 nitrogen and oxygen atoms in total. The number of alkyl halides is 1. The van der Waals surface area contributed by atoms with Gasteiger partial charge in [-0.1, -0.05) is 38.1 Å². The quantitative estimate of drug-likeness (QED) is 0.582. The van der Waals surface area contributed by atoms with Gasteiger partial charge in [0.05, 0.1) is 38.4 Å². The number of nitrogens with zero attached hydrogens (tertiary/aromatic N) is 1. The molecule has 0 radical (unpaired) electrons. The molecule has 0 saturated heterocycles. The number of para-hydroxylation sites is 2. The van der Waals surface area contributed by atoms with Crippen LogP contribution in [0.4, 0.5) is 20.6 Å². The van der Waals surface area contributed by atoms with Gasteiger partial charge < -0.3 is 15.2 Å². The topological polar surface area (TPSA) is 130 Å². The summed E-state index contributed by atoms with van der Waals surface area (Å²) in [5.41, 5.74) is 0.646. The predicted octanol–water partition coefficient (Wildman–Crippen LogP) is 2.96. The molecule has 180 valence electrons. The highest BCUT2D eigenvalue weighted by atomic mass is 32.2. The van der Waals surface area contributed by atoms with E-state index in [0.29, 0.717) is 21.2 Å². The van der Waals surface area contributed by atoms with E-state index >= 15 is 0 Å². The summed E-state index contributed by atoms with van der Waals surface area (Å²) in [6, 6.07) is 11.5. The van der Waals surface area contributed by atoms with Crippen molar-refractivity contribution in [3.8, 4) is 0 Å². The molecule has 3 rings (SSSR count). The van der Waals surface area contributed by atoms with E-state index in [-0.39, 0.29) is 0 Å². The second-order valence-corrected chi connectivity index (χ2v) is 9.26. The first-order valence-electron chi connectivity index (χ1n) is 10.4. The number of aliphatic carboxylic acids is 1. The van der Waals surface area contributed by atoms with Crippen LogP contribution in [-0.4, -0.2) is 51.9 Å². The number of Topliss-reactive ketones (excluding diaryl/α,β-unsaturated/α-hetero) is 1. The van der Waals surface area contributed by atoms with Gasteiger partial charge >= 0.3 is 12.1 Å². The van der Waals surface area contributed by atoms with Crippen molar-refractivity contribution in [3.05, 3.63) is 48.5 Å². The average molecular weight is 491 g/mol. The number of carboxylic acid groups (broad SMARTS) is 1. The Morgan fingerprint density at radius 2 is 1.56 bits per heavy atom. The molecule has 0 saturated carbocycles. The van der Waals surface area contributed by atoms with Crippen LogP contribution < -0.4 is 10.2 Å². The Morgan fingerprint density at radius 3 is 2.03 bits per heavy atom. The molecule has 1 aliphatic heterocycles. The third-order valence-corrected chi connectivity index (χ3v) is 6.59. The van der Waals surface area contributed by atoms with Gasteiger partial charge in [-0.15, -0.1) is 0 Å². The highest BCUT2D eigenvalue weighted by molar-refractivity contribution is 7.85. The molecule has 2 aromatic rings. The molecule has 2 aromatic carbocycles. The maximum atomic E-state index is 13.3. The molecule has 2 amide bonds. The van der Waals surface area contributed by atoms with Crippen molar-refractivity contribution in [3.63, 3.8) is 0 Å². The number of hydrogen-bond acceptors (Lipinski definition) is 6. The van der Waals surface area contributed by atoms with Gasteiger partial charge in [0.15, 0.2) is 11.9 Å². The summed E-state index contributed by atoms with van der Waals surface area (Å²) in [6.45, 7) is 1.73. The van der Waals surface area contributed by atoms with Gasteiger partial charge in [-0.25, -0.2) is 18.3 Å². The Balaban J connectivity index is 1.90. The number of carboxylic acids is 1. The number of halogens is 1. The Labute approximate surface area is 197 Å². The molecule has 1 heterocycles. The highest BCUT2D eigenvalue weighted by Crippen LogP contribution is 2.42.